The number of rotatable bonds is 6. The first-order valence-electron chi connectivity index (χ1n) is 8.75. The summed E-state index contributed by atoms with van der Waals surface area (Å²) in [7, 11) is 0. The van der Waals surface area contributed by atoms with Gasteiger partial charge < -0.3 is 21.1 Å². The smallest absolute Gasteiger partial charge is 0.255 e. The number of anilines is 2. The van der Waals surface area contributed by atoms with E-state index in [2.05, 4.69) is 20.9 Å². The number of carbonyl (C=O) groups excluding carboxylic acids is 1. The minimum absolute atomic E-state index is 0.283. The van der Waals surface area contributed by atoms with Crippen LogP contribution in [0.5, 0.6) is 0 Å². The fraction of sp³-hybridized carbons (Fsp3) is 0.368. The van der Waals surface area contributed by atoms with Crippen molar-refractivity contribution in [2.75, 3.05) is 25.0 Å². The highest BCUT2D eigenvalue weighted by Gasteiger charge is 2.28. The number of pyridine rings is 1. The van der Waals surface area contributed by atoms with Gasteiger partial charge in [0, 0.05) is 18.4 Å². The average molecular weight is 358 g/mol. The summed E-state index contributed by atoms with van der Waals surface area (Å²) >= 11 is 0. The maximum absolute atomic E-state index is 13.3. The van der Waals surface area contributed by atoms with Gasteiger partial charge in [-0.3, -0.25) is 4.79 Å². The molecule has 1 aliphatic rings. The molecule has 0 radical (unpaired) electrons. The van der Waals surface area contributed by atoms with E-state index in [0.29, 0.717) is 42.9 Å². The van der Waals surface area contributed by atoms with Crippen LogP contribution in [-0.4, -0.2) is 41.2 Å². The Hall–Kier alpha value is -2.51. The lowest BCUT2D eigenvalue weighted by Crippen LogP contribution is -2.44. The molecule has 0 atom stereocenters. The summed E-state index contributed by atoms with van der Waals surface area (Å²) in [5.74, 6) is -0.294. The van der Waals surface area contributed by atoms with E-state index in [9.17, 15) is 14.3 Å². The molecule has 6 nitrogen and oxygen atoms in total. The van der Waals surface area contributed by atoms with Gasteiger partial charge in [-0.05, 0) is 62.7 Å². The molecule has 2 aromatic rings. The lowest BCUT2D eigenvalue weighted by atomic mass is 9.89. The molecule has 1 aromatic carbocycles. The number of piperidine rings is 1. The molecule has 0 aliphatic carbocycles. The molecule has 138 valence electrons. The van der Waals surface area contributed by atoms with Crippen LogP contribution >= 0.6 is 0 Å². The second kappa shape index (κ2) is 8.25. The molecule has 4 N–H and O–H groups in total. The van der Waals surface area contributed by atoms with E-state index in [-0.39, 0.29) is 11.7 Å². The molecule has 3 rings (SSSR count). The normalized spacial score (nSPS) is 16.1. The number of carbonyl (C=O) groups is 1. The van der Waals surface area contributed by atoms with Crippen molar-refractivity contribution >= 4 is 17.4 Å². The van der Waals surface area contributed by atoms with Gasteiger partial charge >= 0.3 is 0 Å². The first kappa shape index (κ1) is 18.3. The van der Waals surface area contributed by atoms with Gasteiger partial charge in [0.25, 0.3) is 5.91 Å². The van der Waals surface area contributed by atoms with E-state index in [0.717, 1.165) is 13.1 Å². The van der Waals surface area contributed by atoms with Crippen LogP contribution in [0.3, 0.4) is 0 Å². The van der Waals surface area contributed by atoms with Gasteiger partial charge in [0.1, 0.15) is 11.6 Å². The lowest BCUT2D eigenvalue weighted by molar-refractivity contribution is 0.00325. The molecule has 2 heterocycles. The molecule has 26 heavy (non-hydrogen) atoms. The summed E-state index contributed by atoms with van der Waals surface area (Å²) in [5, 5.41) is 19.5. The van der Waals surface area contributed by atoms with Crippen molar-refractivity contribution in [1.82, 2.24) is 15.6 Å². The Morgan fingerprint density at radius 3 is 2.85 bits per heavy atom. The van der Waals surface area contributed by atoms with Crippen LogP contribution in [0.1, 0.15) is 29.6 Å². The first-order chi connectivity index (χ1) is 12.6. The molecule has 0 unspecified atom stereocenters. The zero-order valence-electron chi connectivity index (χ0n) is 14.5. The molecule has 0 bridgehead atoms. The Balaban J connectivity index is 1.62. The minimum atomic E-state index is -0.726. The highest BCUT2D eigenvalue weighted by Crippen LogP contribution is 2.22. The van der Waals surface area contributed by atoms with Gasteiger partial charge in [-0.25, -0.2) is 9.37 Å². The largest absolute Gasteiger partial charge is 0.390 e. The Morgan fingerprint density at radius 1 is 1.27 bits per heavy atom. The van der Waals surface area contributed by atoms with E-state index in [4.69, 9.17) is 0 Å². The molecule has 7 heteroatoms. The van der Waals surface area contributed by atoms with E-state index >= 15 is 0 Å². The predicted molar refractivity (Wildman–Crippen MR) is 97.9 cm³/mol. The van der Waals surface area contributed by atoms with Gasteiger partial charge in [-0.1, -0.05) is 6.07 Å². The quantitative estimate of drug-likeness (QED) is 0.636. The van der Waals surface area contributed by atoms with E-state index in [1.165, 1.54) is 12.1 Å². The van der Waals surface area contributed by atoms with Gasteiger partial charge in [-0.15, -0.1) is 0 Å². The number of amides is 1. The summed E-state index contributed by atoms with van der Waals surface area (Å²) in [5.41, 5.74) is 0.159. The fourth-order valence-electron chi connectivity index (χ4n) is 3.04. The zero-order chi connectivity index (χ0) is 18.4. The Labute approximate surface area is 151 Å². The summed E-state index contributed by atoms with van der Waals surface area (Å²) in [6.45, 7) is 1.95. The van der Waals surface area contributed by atoms with Crippen molar-refractivity contribution in [2.24, 2.45) is 0 Å². The first-order valence-corrected chi connectivity index (χ1v) is 8.75. The highest BCUT2D eigenvalue weighted by molar-refractivity contribution is 5.99. The molecule has 1 aromatic heterocycles. The number of hydrogen-bond donors (Lipinski definition) is 4. The molecule has 0 spiro atoms. The summed E-state index contributed by atoms with van der Waals surface area (Å²) in [6, 6.07) is 9.30. The summed E-state index contributed by atoms with van der Waals surface area (Å²) in [4.78, 5) is 16.7. The van der Waals surface area contributed by atoms with Crippen molar-refractivity contribution < 1.29 is 14.3 Å². The van der Waals surface area contributed by atoms with Crippen LogP contribution in [0.15, 0.2) is 42.6 Å². The lowest BCUT2D eigenvalue weighted by Gasteiger charge is -2.32. The Bertz CT molecular complexity index is 763. The molecular weight excluding hydrogens is 335 g/mol. The molecule has 1 fully saturated rings. The molecule has 1 aliphatic heterocycles. The summed E-state index contributed by atoms with van der Waals surface area (Å²) in [6.07, 6.45) is 3.44. The van der Waals surface area contributed by atoms with Crippen molar-refractivity contribution in [3.63, 3.8) is 0 Å². The molecule has 0 saturated carbocycles. The third kappa shape index (κ3) is 4.77. The number of aromatic nitrogens is 1. The summed E-state index contributed by atoms with van der Waals surface area (Å²) < 4.78 is 13.3. The van der Waals surface area contributed by atoms with Gasteiger partial charge in [0.15, 0.2) is 0 Å². The van der Waals surface area contributed by atoms with Gasteiger partial charge in [0.2, 0.25) is 0 Å². The number of halogens is 1. The number of benzene rings is 1. The van der Waals surface area contributed by atoms with Crippen molar-refractivity contribution in [2.45, 2.75) is 24.9 Å². The minimum Gasteiger partial charge on any atom is -0.390 e. The van der Waals surface area contributed by atoms with Crippen LogP contribution in [0.2, 0.25) is 0 Å². The predicted octanol–water partition coefficient (Wildman–Crippen LogP) is 2.20. The highest BCUT2D eigenvalue weighted by atomic mass is 19.1. The average Bonchev–Trinajstić information content (AvgIpc) is 2.62. The Morgan fingerprint density at radius 2 is 2.08 bits per heavy atom. The van der Waals surface area contributed by atoms with Crippen LogP contribution in [-0.2, 0) is 0 Å². The van der Waals surface area contributed by atoms with Gasteiger partial charge in [-0.2, -0.15) is 0 Å². The number of nitrogens with one attached hydrogen (secondary N) is 3. The number of hydrogen-bond acceptors (Lipinski definition) is 5. The third-order valence-corrected chi connectivity index (χ3v) is 4.55. The topological polar surface area (TPSA) is 86.3 Å². The van der Waals surface area contributed by atoms with Crippen LogP contribution in [0.25, 0.3) is 0 Å². The second-order valence-corrected chi connectivity index (χ2v) is 6.52. The van der Waals surface area contributed by atoms with Crippen LogP contribution in [0.4, 0.5) is 15.9 Å². The zero-order valence-corrected chi connectivity index (χ0v) is 14.5. The van der Waals surface area contributed by atoms with E-state index in [1.807, 2.05) is 0 Å². The maximum Gasteiger partial charge on any atom is 0.255 e. The monoisotopic (exact) mass is 358 g/mol. The fourth-order valence-corrected chi connectivity index (χ4v) is 3.04. The van der Waals surface area contributed by atoms with E-state index in [1.54, 1.807) is 30.5 Å². The van der Waals surface area contributed by atoms with Gasteiger partial charge in [0.05, 0.1) is 11.2 Å². The van der Waals surface area contributed by atoms with Crippen LogP contribution < -0.4 is 16.0 Å². The van der Waals surface area contributed by atoms with Crippen molar-refractivity contribution in [1.29, 1.82) is 0 Å². The maximum atomic E-state index is 13.3. The third-order valence-electron chi connectivity index (χ3n) is 4.55. The van der Waals surface area contributed by atoms with E-state index < -0.39 is 5.60 Å². The van der Waals surface area contributed by atoms with Crippen molar-refractivity contribution in [3.05, 3.63) is 54.0 Å². The molecule has 1 amide bonds. The second-order valence-electron chi connectivity index (χ2n) is 6.52. The number of aliphatic hydroxyl groups is 1. The SMILES string of the molecule is O=C(NCCC1(O)CCNCC1)c1cccnc1Nc1cccc(F)c1. The van der Waals surface area contributed by atoms with Crippen molar-refractivity contribution in [3.8, 4) is 0 Å². The Kier molecular flexibility index (Phi) is 5.80. The van der Waals surface area contributed by atoms with Crippen LogP contribution in [0, 0.1) is 5.82 Å². The standard InChI is InChI=1S/C19H23FN4O2/c20-14-3-1-4-15(13-14)24-17-16(5-2-9-22-17)18(25)23-12-8-19(26)6-10-21-11-7-19/h1-5,9,13,21,26H,6-8,10-12H2,(H,22,24)(H,23,25). The number of nitrogens with zero attached hydrogens (tertiary/aromatic N) is 1. The molecule has 1 saturated heterocycles. The molecular formula is C19H23FN4O2.